The summed E-state index contributed by atoms with van der Waals surface area (Å²) in [6.07, 6.45) is 0.212. The quantitative estimate of drug-likeness (QED) is 0.450. The van der Waals surface area contributed by atoms with E-state index in [1.54, 1.807) is 0 Å². The summed E-state index contributed by atoms with van der Waals surface area (Å²) >= 11 is 5.91. The van der Waals surface area contributed by atoms with E-state index in [9.17, 15) is 20.2 Å². The van der Waals surface area contributed by atoms with Crippen LogP contribution in [0.4, 0.5) is 11.4 Å². The van der Waals surface area contributed by atoms with Crippen LogP contribution in [0.15, 0.2) is 18.2 Å². The first kappa shape index (κ1) is 14.3. The van der Waals surface area contributed by atoms with E-state index in [1.807, 2.05) is 0 Å². The number of ether oxygens (including phenoxy) is 1. The molecular formula is C10H11ClN2O5. The Hall–Kier alpha value is -1.73. The average molecular weight is 275 g/mol. The summed E-state index contributed by atoms with van der Waals surface area (Å²) in [5, 5.41) is 21.0. The molecule has 1 aromatic rings. The molecule has 0 fully saturated rings. The normalized spacial score (nSPS) is 12.1. The summed E-state index contributed by atoms with van der Waals surface area (Å²) in [4.78, 5) is 20.1. The number of hydrogen-bond acceptors (Lipinski definition) is 5. The largest absolute Gasteiger partial charge is 0.383 e. The summed E-state index contributed by atoms with van der Waals surface area (Å²) in [7, 11) is 1.47. The second-order valence-corrected chi connectivity index (χ2v) is 4.20. The van der Waals surface area contributed by atoms with Crippen molar-refractivity contribution >= 4 is 23.0 Å². The third-order valence-electron chi connectivity index (χ3n) is 2.27. The molecule has 0 saturated carbocycles. The fourth-order valence-corrected chi connectivity index (χ4v) is 1.78. The number of halogens is 1. The molecular weight excluding hydrogens is 264 g/mol. The summed E-state index contributed by atoms with van der Waals surface area (Å²) in [6.45, 7) is 0.246. The maximum Gasteiger partial charge on any atom is 0.279 e. The van der Waals surface area contributed by atoms with Crippen molar-refractivity contribution in [2.45, 2.75) is 11.8 Å². The van der Waals surface area contributed by atoms with E-state index >= 15 is 0 Å². The topological polar surface area (TPSA) is 95.5 Å². The number of non-ortho nitro benzene ring substituents is 1. The molecule has 1 aromatic carbocycles. The first-order valence-electron chi connectivity index (χ1n) is 5.00. The van der Waals surface area contributed by atoms with Crippen molar-refractivity contribution in [1.82, 2.24) is 0 Å². The second kappa shape index (κ2) is 6.27. The van der Waals surface area contributed by atoms with Gasteiger partial charge in [0.05, 0.1) is 27.9 Å². The van der Waals surface area contributed by atoms with E-state index in [2.05, 4.69) is 0 Å². The maximum absolute atomic E-state index is 10.8. The van der Waals surface area contributed by atoms with Gasteiger partial charge in [-0.2, -0.15) is 0 Å². The fraction of sp³-hybridized carbons (Fsp3) is 0.400. The van der Waals surface area contributed by atoms with Gasteiger partial charge in [0.15, 0.2) is 0 Å². The van der Waals surface area contributed by atoms with E-state index in [1.165, 1.54) is 19.2 Å². The lowest BCUT2D eigenvalue weighted by Gasteiger charge is -2.08. The molecule has 0 aromatic heterocycles. The third kappa shape index (κ3) is 3.64. The summed E-state index contributed by atoms with van der Waals surface area (Å²) in [5.74, 6) is 0. The van der Waals surface area contributed by atoms with Crippen molar-refractivity contribution in [2.75, 3.05) is 13.7 Å². The van der Waals surface area contributed by atoms with E-state index < -0.39 is 15.2 Å². The predicted molar refractivity (Wildman–Crippen MR) is 65.0 cm³/mol. The number of rotatable bonds is 6. The zero-order valence-corrected chi connectivity index (χ0v) is 10.3. The molecule has 0 spiro atoms. The zero-order valence-electron chi connectivity index (χ0n) is 9.54. The van der Waals surface area contributed by atoms with Gasteiger partial charge in [-0.15, -0.1) is 11.6 Å². The van der Waals surface area contributed by atoms with Crippen molar-refractivity contribution in [3.63, 3.8) is 0 Å². The molecule has 0 saturated heterocycles. The van der Waals surface area contributed by atoms with Gasteiger partial charge in [-0.3, -0.25) is 20.2 Å². The predicted octanol–water partition coefficient (Wildman–Crippen LogP) is 2.30. The molecule has 18 heavy (non-hydrogen) atoms. The van der Waals surface area contributed by atoms with Gasteiger partial charge < -0.3 is 4.74 Å². The van der Waals surface area contributed by atoms with Crippen LogP contribution in [0.2, 0.25) is 0 Å². The Kier molecular flexibility index (Phi) is 4.99. The zero-order chi connectivity index (χ0) is 13.7. The molecule has 0 heterocycles. The van der Waals surface area contributed by atoms with Crippen LogP contribution in [-0.2, 0) is 11.2 Å². The molecule has 7 nitrogen and oxygen atoms in total. The highest BCUT2D eigenvalue weighted by atomic mass is 35.5. The highest BCUT2D eigenvalue weighted by Crippen LogP contribution is 2.26. The Morgan fingerprint density at radius 3 is 2.50 bits per heavy atom. The molecule has 8 heteroatoms. The van der Waals surface area contributed by atoms with E-state index in [-0.39, 0.29) is 24.4 Å². The number of methoxy groups -OCH3 is 1. The van der Waals surface area contributed by atoms with Crippen molar-refractivity contribution in [1.29, 1.82) is 0 Å². The van der Waals surface area contributed by atoms with Gasteiger partial charge >= 0.3 is 0 Å². The molecule has 0 radical (unpaired) electrons. The molecule has 0 N–H and O–H groups in total. The van der Waals surface area contributed by atoms with Crippen LogP contribution < -0.4 is 0 Å². The number of benzene rings is 1. The van der Waals surface area contributed by atoms with Gasteiger partial charge in [0.1, 0.15) is 0 Å². The van der Waals surface area contributed by atoms with Crippen molar-refractivity contribution < 1.29 is 14.6 Å². The highest BCUT2D eigenvalue weighted by Gasteiger charge is 2.21. The minimum absolute atomic E-state index is 0.212. The monoisotopic (exact) mass is 274 g/mol. The standard InChI is InChI=1S/C10H11ClN2O5/c1-18-6-8(11)4-7-2-3-9(12(14)15)5-10(7)13(16)17/h2-3,5,8H,4,6H2,1H3. The van der Waals surface area contributed by atoms with Crippen LogP contribution in [0.1, 0.15) is 5.56 Å². The second-order valence-electron chi connectivity index (χ2n) is 3.58. The Morgan fingerprint density at radius 1 is 1.33 bits per heavy atom. The van der Waals surface area contributed by atoms with E-state index in [0.29, 0.717) is 5.56 Å². The first-order valence-corrected chi connectivity index (χ1v) is 5.44. The van der Waals surface area contributed by atoms with Gasteiger partial charge in [0.2, 0.25) is 0 Å². The molecule has 0 amide bonds. The average Bonchev–Trinajstić information content (AvgIpc) is 2.29. The third-order valence-corrected chi connectivity index (χ3v) is 2.55. The molecule has 1 unspecified atom stereocenters. The van der Waals surface area contributed by atoms with Gasteiger partial charge in [-0.05, 0) is 12.5 Å². The van der Waals surface area contributed by atoms with Crippen LogP contribution in [0, 0.1) is 20.2 Å². The Balaban J connectivity index is 3.04. The van der Waals surface area contributed by atoms with Gasteiger partial charge in [-0.25, -0.2) is 0 Å². The smallest absolute Gasteiger partial charge is 0.279 e. The lowest BCUT2D eigenvalue weighted by molar-refractivity contribution is -0.394. The van der Waals surface area contributed by atoms with Gasteiger partial charge in [0.25, 0.3) is 11.4 Å². The van der Waals surface area contributed by atoms with E-state index in [4.69, 9.17) is 16.3 Å². The summed E-state index contributed by atoms with van der Waals surface area (Å²) in [6, 6.07) is 3.51. The van der Waals surface area contributed by atoms with Crippen LogP contribution in [0.25, 0.3) is 0 Å². The minimum Gasteiger partial charge on any atom is -0.383 e. The minimum atomic E-state index is -0.676. The molecule has 0 aliphatic heterocycles. The number of nitrogens with zero attached hydrogens (tertiary/aromatic N) is 2. The SMILES string of the molecule is COCC(Cl)Cc1ccc([N+](=O)[O-])cc1[N+](=O)[O-]. The number of hydrogen-bond donors (Lipinski definition) is 0. The number of nitro benzene ring substituents is 2. The van der Waals surface area contributed by atoms with Crippen molar-refractivity contribution in [2.24, 2.45) is 0 Å². The van der Waals surface area contributed by atoms with Crippen molar-refractivity contribution in [3.05, 3.63) is 44.0 Å². The summed E-state index contributed by atoms with van der Waals surface area (Å²) in [5.41, 5.74) is -0.267. The van der Waals surface area contributed by atoms with Crippen LogP contribution in [0.5, 0.6) is 0 Å². The lowest BCUT2D eigenvalue weighted by atomic mass is 10.1. The van der Waals surface area contributed by atoms with Crippen molar-refractivity contribution in [3.8, 4) is 0 Å². The number of nitro groups is 2. The van der Waals surface area contributed by atoms with Gasteiger partial charge in [0, 0.05) is 18.7 Å². The Bertz CT molecular complexity index is 466. The van der Waals surface area contributed by atoms with Crippen LogP contribution >= 0.6 is 11.6 Å². The fourth-order valence-electron chi connectivity index (χ4n) is 1.49. The Morgan fingerprint density at radius 2 is 2.00 bits per heavy atom. The molecule has 0 aliphatic carbocycles. The molecule has 0 aliphatic rings. The van der Waals surface area contributed by atoms with E-state index in [0.717, 1.165) is 6.07 Å². The maximum atomic E-state index is 10.8. The molecule has 98 valence electrons. The molecule has 1 atom stereocenters. The number of alkyl halides is 1. The highest BCUT2D eigenvalue weighted by molar-refractivity contribution is 6.20. The summed E-state index contributed by atoms with van der Waals surface area (Å²) < 4.78 is 4.83. The molecule has 1 rings (SSSR count). The first-order chi connectivity index (χ1) is 8.45. The van der Waals surface area contributed by atoms with Crippen LogP contribution in [0.3, 0.4) is 0 Å². The lowest BCUT2D eigenvalue weighted by Crippen LogP contribution is -2.12. The Labute approximate surface area is 108 Å². The van der Waals surface area contributed by atoms with Gasteiger partial charge in [-0.1, -0.05) is 0 Å². The molecule has 0 bridgehead atoms. The van der Waals surface area contributed by atoms with Crippen LogP contribution in [-0.4, -0.2) is 28.9 Å².